The molecule has 8 unspecified atom stereocenters. The lowest BCUT2D eigenvalue weighted by Gasteiger charge is -2.62. The summed E-state index contributed by atoms with van der Waals surface area (Å²) in [6.45, 7) is 5.40. The third-order valence-electron chi connectivity index (χ3n) is 11.7. The van der Waals surface area contributed by atoms with E-state index in [4.69, 9.17) is 14.2 Å². The van der Waals surface area contributed by atoms with Gasteiger partial charge in [-0.1, -0.05) is 6.92 Å². The summed E-state index contributed by atoms with van der Waals surface area (Å²) in [6, 6.07) is 3.62. The van der Waals surface area contributed by atoms with Gasteiger partial charge in [-0.05, 0) is 99.2 Å². The molecule has 2 aromatic rings. The molecule has 1 heterocycles. The lowest BCUT2D eigenvalue weighted by molar-refractivity contribution is -0.175. The van der Waals surface area contributed by atoms with Crippen LogP contribution in [0.15, 0.2) is 12.1 Å². The van der Waals surface area contributed by atoms with Crippen molar-refractivity contribution in [3.05, 3.63) is 12.1 Å². The van der Waals surface area contributed by atoms with Crippen molar-refractivity contribution in [1.29, 1.82) is 0 Å². The summed E-state index contributed by atoms with van der Waals surface area (Å²) in [7, 11) is 5.06. The molecule has 8 heteroatoms. The molecule has 8 nitrogen and oxygen atoms in total. The summed E-state index contributed by atoms with van der Waals surface area (Å²) < 4.78 is 16.8. The van der Waals surface area contributed by atoms with E-state index in [2.05, 4.69) is 17.1 Å². The third-order valence-corrected chi connectivity index (χ3v) is 11.7. The van der Waals surface area contributed by atoms with Gasteiger partial charge in [0.25, 0.3) is 0 Å². The average molecular weight is 540 g/mol. The van der Waals surface area contributed by atoms with E-state index in [1.807, 2.05) is 20.1 Å². The number of aliphatic hydroxyl groups is 1. The number of rotatable bonds is 7. The van der Waals surface area contributed by atoms with Crippen LogP contribution >= 0.6 is 0 Å². The first-order valence-corrected chi connectivity index (χ1v) is 14.8. The van der Waals surface area contributed by atoms with Gasteiger partial charge in [-0.3, -0.25) is 4.79 Å². The zero-order valence-electron chi connectivity index (χ0n) is 24.2. The maximum Gasteiger partial charge on any atom is 0.159 e. The first-order chi connectivity index (χ1) is 18.6. The second-order valence-electron chi connectivity index (χ2n) is 13.6. The number of nitrogens with zero attached hydrogens (tertiary/aromatic N) is 3. The first kappa shape index (κ1) is 27.0. The zero-order valence-corrected chi connectivity index (χ0v) is 24.2. The molecule has 4 fully saturated rings. The molecule has 0 saturated heterocycles. The van der Waals surface area contributed by atoms with Gasteiger partial charge in [0.2, 0.25) is 0 Å². The summed E-state index contributed by atoms with van der Waals surface area (Å²) in [4.78, 5) is 15.4. The number of Topliss-reactive ketones (excluding diaryl/α,β-unsaturated/α-hetero) is 1. The molecule has 6 rings (SSSR count). The monoisotopic (exact) mass is 539 g/mol. The quantitative estimate of drug-likeness (QED) is 0.526. The Morgan fingerprint density at radius 1 is 1.00 bits per heavy atom. The van der Waals surface area contributed by atoms with E-state index in [1.165, 1.54) is 12.8 Å². The Bertz CT molecular complexity index is 1240. The van der Waals surface area contributed by atoms with Crippen LogP contribution in [-0.2, 0) is 16.1 Å². The van der Waals surface area contributed by atoms with Crippen LogP contribution in [0.5, 0.6) is 11.5 Å². The van der Waals surface area contributed by atoms with Gasteiger partial charge in [0.1, 0.15) is 17.8 Å². The molecule has 0 radical (unpaired) electrons. The van der Waals surface area contributed by atoms with Crippen LogP contribution in [0.25, 0.3) is 11.0 Å². The summed E-state index contributed by atoms with van der Waals surface area (Å²) >= 11 is 0. The van der Waals surface area contributed by atoms with Crippen LogP contribution in [0.4, 0.5) is 0 Å². The standard InChI is InChI=1S/C31H45N3O5/c1-29(36)12-13-31(18-37-3)19(16-29)6-7-21-22-8-9-24(30(22,2)11-10-23(21)31)26(35)17-34-32-25-14-20(38-4)15-27(39-5)28(25)33-34/h14-15,19,21-24,36H,6-13,16-18H2,1-5H3. The minimum Gasteiger partial charge on any atom is -0.497 e. The number of hydrogen-bond acceptors (Lipinski definition) is 7. The minimum absolute atomic E-state index is 0.0208. The Morgan fingerprint density at radius 3 is 2.56 bits per heavy atom. The molecule has 1 aromatic carbocycles. The molecule has 214 valence electrons. The van der Waals surface area contributed by atoms with Crippen molar-refractivity contribution in [3.63, 3.8) is 0 Å². The van der Waals surface area contributed by atoms with Gasteiger partial charge < -0.3 is 19.3 Å². The van der Waals surface area contributed by atoms with E-state index < -0.39 is 5.60 Å². The number of benzene rings is 1. The molecule has 4 saturated carbocycles. The highest BCUT2D eigenvalue weighted by Gasteiger charge is 2.63. The predicted molar refractivity (Wildman–Crippen MR) is 148 cm³/mol. The van der Waals surface area contributed by atoms with E-state index >= 15 is 0 Å². The van der Waals surface area contributed by atoms with Crippen molar-refractivity contribution < 1.29 is 24.1 Å². The van der Waals surface area contributed by atoms with E-state index in [0.717, 1.165) is 51.6 Å². The Morgan fingerprint density at radius 2 is 1.82 bits per heavy atom. The fraction of sp³-hybridized carbons (Fsp3) is 0.774. The highest BCUT2D eigenvalue weighted by atomic mass is 16.5. The predicted octanol–water partition coefficient (Wildman–Crippen LogP) is 5.05. The molecule has 0 bridgehead atoms. The third kappa shape index (κ3) is 4.28. The van der Waals surface area contributed by atoms with Crippen molar-refractivity contribution in [1.82, 2.24) is 15.0 Å². The molecule has 0 amide bonds. The minimum atomic E-state index is -0.552. The van der Waals surface area contributed by atoms with E-state index in [0.29, 0.717) is 46.2 Å². The highest BCUT2D eigenvalue weighted by molar-refractivity contribution is 5.84. The number of aromatic nitrogens is 3. The molecule has 39 heavy (non-hydrogen) atoms. The number of hydrogen-bond donors (Lipinski definition) is 1. The number of methoxy groups -OCH3 is 3. The van der Waals surface area contributed by atoms with E-state index in [9.17, 15) is 9.90 Å². The fourth-order valence-corrected chi connectivity index (χ4v) is 9.91. The van der Waals surface area contributed by atoms with Crippen LogP contribution in [0.1, 0.15) is 71.6 Å². The Kier molecular flexibility index (Phi) is 6.73. The molecule has 4 aliphatic carbocycles. The summed E-state index contributed by atoms with van der Waals surface area (Å²) in [5, 5.41) is 20.1. The van der Waals surface area contributed by atoms with Crippen molar-refractivity contribution in [3.8, 4) is 11.5 Å². The number of ketones is 1. The maximum atomic E-state index is 13.8. The molecule has 8 atom stereocenters. The fourth-order valence-electron chi connectivity index (χ4n) is 9.91. The Hall–Kier alpha value is -2.19. The summed E-state index contributed by atoms with van der Waals surface area (Å²) in [6.07, 6.45) is 9.51. The van der Waals surface area contributed by atoms with Crippen LogP contribution in [0.3, 0.4) is 0 Å². The Balaban J connectivity index is 1.22. The summed E-state index contributed by atoms with van der Waals surface area (Å²) in [5.41, 5.74) is 0.953. The van der Waals surface area contributed by atoms with Crippen molar-refractivity contribution in [2.45, 2.75) is 83.8 Å². The SMILES string of the molecule is COCC12CCC(C)(O)CC1CCC1C3CCC(C(=O)Cn4nc5cc(OC)cc(OC)c5n4)C3(C)CCC12. The van der Waals surface area contributed by atoms with Crippen LogP contribution in [0.2, 0.25) is 0 Å². The average Bonchev–Trinajstić information content (AvgIpc) is 3.48. The largest absolute Gasteiger partial charge is 0.497 e. The van der Waals surface area contributed by atoms with Gasteiger partial charge in [0.05, 0.1) is 26.4 Å². The molecular weight excluding hydrogens is 494 g/mol. The topological polar surface area (TPSA) is 95.7 Å². The molecule has 1 N–H and O–H groups in total. The lowest BCUT2D eigenvalue weighted by Crippen LogP contribution is -2.58. The van der Waals surface area contributed by atoms with Crippen molar-refractivity contribution in [2.75, 3.05) is 27.9 Å². The van der Waals surface area contributed by atoms with Gasteiger partial charge in [0, 0.05) is 25.2 Å². The normalized spacial score (nSPS) is 39.6. The number of carbonyl (C=O) groups excluding carboxylic acids is 1. The smallest absolute Gasteiger partial charge is 0.159 e. The molecule has 4 aliphatic rings. The second kappa shape index (κ2) is 9.72. The van der Waals surface area contributed by atoms with Crippen molar-refractivity contribution >= 4 is 16.8 Å². The van der Waals surface area contributed by atoms with Gasteiger partial charge in [-0.2, -0.15) is 9.90 Å². The van der Waals surface area contributed by atoms with E-state index in [-0.39, 0.29) is 29.1 Å². The van der Waals surface area contributed by atoms with Crippen LogP contribution in [0, 0.1) is 40.4 Å². The second-order valence-corrected chi connectivity index (χ2v) is 13.6. The summed E-state index contributed by atoms with van der Waals surface area (Å²) in [5.74, 6) is 3.90. The molecule has 0 aliphatic heterocycles. The van der Waals surface area contributed by atoms with Crippen molar-refractivity contribution in [2.24, 2.45) is 40.4 Å². The van der Waals surface area contributed by atoms with Gasteiger partial charge in [-0.25, -0.2) is 0 Å². The maximum absolute atomic E-state index is 13.8. The Labute approximate surface area is 231 Å². The van der Waals surface area contributed by atoms with E-state index in [1.54, 1.807) is 25.1 Å². The lowest BCUT2D eigenvalue weighted by atomic mass is 9.43. The van der Waals surface area contributed by atoms with Gasteiger partial charge in [-0.15, -0.1) is 5.10 Å². The molecular formula is C31H45N3O5. The number of carbonyl (C=O) groups is 1. The first-order valence-electron chi connectivity index (χ1n) is 14.8. The number of fused-ring (bicyclic) bond motifs is 6. The number of ether oxygens (including phenoxy) is 3. The zero-order chi connectivity index (χ0) is 27.6. The highest BCUT2D eigenvalue weighted by Crippen LogP contribution is 2.68. The van der Waals surface area contributed by atoms with Gasteiger partial charge >= 0.3 is 0 Å². The molecule has 1 aromatic heterocycles. The van der Waals surface area contributed by atoms with Gasteiger partial charge in [0.15, 0.2) is 17.0 Å². The molecule has 0 spiro atoms. The van der Waals surface area contributed by atoms with Crippen LogP contribution < -0.4 is 9.47 Å². The van der Waals surface area contributed by atoms with Crippen LogP contribution in [-0.4, -0.2) is 59.4 Å².